The minimum atomic E-state index is -0.314. The van der Waals surface area contributed by atoms with Gasteiger partial charge in [0, 0.05) is 4.47 Å². The fourth-order valence-corrected chi connectivity index (χ4v) is 2.72. The number of likely N-dealkylation sites (tertiary alicyclic amines) is 1. The van der Waals surface area contributed by atoms with Crippen LogP contribution in [0.4, 0.5) is 0 Å². The first kappa shape index (κ1) is 12.1. The van der Waals surface area contributed by atoms with Gasteiger partial charge in [-0.1, -0.05) is 28.1 Å². The molecule has 1 atom stereocenters. The van der Waals surface area contributed by atoms with Crippen molar-refractivity contribution in [3.8, 4) is 0 Å². The van der Waals surface area contributed by atoms with Crippen LogP contribution in [0, 0.1) is 5.92 Å². The van der Waals surface area contributed by atoms with Crippen molar-refractivity contribution in [1.82, 2.24) is 4.90 Å². The Hall–Kier alpha value is -0.380. The number of aliphatic hydroxyl groups is 1. The number of piperidine rings is 1. The second-order valence-corrected chi connectivity index (χ2v) is 5.56. The van der Waals surface area contributed by atoms with E-state index in [0.717, 1.165) is 36.0 Å². The first-order valence-electron chi connectivity index (χ1n) is 5.79. The van der Waals surface area contributed by atoms with Crippen LogP contribution in [0.25, 0.3) is 0 Å². The van der Waals surface area contributed by atoms with Crippen LogP contribution in [0.3, 0.4) is 0 Å². The Morgan fingerprint density at radius 2 is 2.06 bits per heavy atom. The highest BCUT2D eigenvalue weighted by Crippen LogP contribution is 2.31. The van der Waals surface area contributed by atoms with E-state index in [0.29, 0.717) is 5.92 Å². The largest absolute Gasteiger partial charge is 0.388 e. The molecule has 0 spiro atoms. The number of hydrogen-bond acceptors (Lipinski definition) is 2. The van der Waals surface area contributed by atoms with E-state index in [1.54, 1.807) is 0 Å². The lowest BCUT2D eigenvalue weighted by Gasteiger charge is -2.32. The minimum absolute atomic E-state index is 0.314. The van der Waals surface area contributed by atoms with E-state index >= 15 is 0 Å². The van der Waals surface area contributed by atoms with Gasteiger partial charge in [-0.15, -0.1) is 0 Å². The van der Waals surface area contributed by atoms with Gasteiger partial charge in [-0.2, -0.15) is 0 Å². The van der Waals surface area contributed by atoms with Crippen LogP contribution in [0.5, 0.6) is 0 Å². The zero-order chi connectivity index (χ0) is 11.5. The van der Waals surface area contributed by atoms with Gasteiger partial charge in [0.15, 0.2) is 0 Å². The molecule has 1 unspecified atom stereocenters. The van der Waals surface area contributed by atoms with Crippen molar-refractivity contribution in [2.45, 2.75) is 18.9 Å². The Morgan fingerprint density at radius 1 is 1.38 bits per heavy atom. The molecule has 0 bridgehead atoms. The molecule has 0 aliphatic carbocycles. The van der Waals surface area contributed by atoms with Crippen molar-refractivity contribution in [3.63, 3.8) is 0 Å². The number of rotatable bonds is 2. The van der Waals surface area contributed by atoms with Gasteiger partial charge in [0.05, 0.1) is 6.10 Å². The Balaban J connectivity index is 2.04. The summed E-state index contributed by atoms with van der Waals surface area (Å²) >= 11 is 3.44. The van der Waals surface area contributed by atoms with Crippen LogP contribution in [0.1, 0.15) is 24.5 Å². The first-order valence-corrected chi connectivity index (χ1v) is 6.58. The second kappa shape index (κ2) is 5.30. The topological polar surface area (TPSA) is 23.5 Å². The molecule has 1 aliphatic heterocycles. The highest BCUT2D eigenvalue weighted by molar-refractivity contribution is 9.10. The SMILES string of the molecule is CN1CCC(C(O)c2cccc(Br)c2)CC1. The van der Waals surface area contributed by atoms with E-state index < -0.39 is 0 Å². The number of halogens is 1. The quantitative estimate of drug-likeness (QED) is 0.902. The van der Waals surface area contributed by atoms with E-state index in [1.807, 2.05) is 24.3 Å². The van der Waals surface area contributed by atoms with Crippen molar-refractivity contribution >= 4 is 15.9 Å². The van der Waals surface area contributed by atoms with Gasteiger partial charge >= 0.3 is 0 Å². The summed E-state index contributed by atoms with van der Waals surface area (Å²) in [6.07, 6.45) is 1.86. The Kier molecular flexibility index (Phi) is 4.00. The molecule has 1 aromatic carbocycles. The fourth-order valence-electron chi connectivity index (χ4n) is 2.31. The maximum Gasteiger partial charge on any atom is 0.0819 e. The highest BCUT2D eigenvalue weighted by Gasteiger charge is 2.24. The van der Waals surface area contributed by atoms with E-state index in [1.165, 1.54) is 0 Å². The van der Waals surface area contributed by atoms with E-state index in [2.05, 4.69) is 27.9 Å². The van der Waals surface area contributed by atoms with Gasteiger partial charge < -0.3 is 10.0 Å². The van der Waals surface area contributed by atoms with Gasteiger partial charge in [0.2, 0.25) is 0 Å². The summed E-state index contributed by atoms with van der Waals surface area (Å²) in [4.78, 5) is 2.32. The predicted octanol–water partition coefficient (Wildman–Crippen LogP) is 2.82. The van der Waals surface area contributed by atoms with Crippen LogP contribution < -0.4 is 0 Å². The molecule has 0 aromatic heterocycles. The van der Waals surface area contributed by atoms with Crippen LogP contribution >= 0.6 is 15.9 Å². The van der Waals surface area contributed by atoms with Crippen molar-refractivity contribution < 1.29 is 5.11 Å². The molecule has 0 saturated carbocycles. The maximum atomic E-state index is 10.3. The van der Waals surface area contributed by atoms with Gasteiger partial charge in [-0.05, 0) is 56.6 Å². The maximum absolute atomic E-state index is 10.3. The summed E-state index contributed by atoms with van der Waals surface area (Å²) in [7, 11) is 2.14. The molecule has 2 nitrogen and oxygen atoms in total. The lowest BCUT2D eigenvalue weighted by molar-refractivity contribution is 0.0657. The highest BCUT2D eigenvalue weighted by atomic mass is 79.9. The van der Waals surface area contributed by atoms with Crippen molar-refractivity contribution in [2.24, 2.45) is 5.92 Å². The van der Waals surface area contributed by atoms with Crippen LogP contribution in [0.2, 0.25) is 0 Å². The molecule has 1 saturated heterocycles. The summed E-state index contributed by atoms with van der Waals surface area (Å²) < 4.78 is 1.04. The molecule has 88 valence electrons. The standard InChI is InChI=1S/C13H18BrNO/c1-15-7-5-10(6-8-15)13(16)11-3-2-4-12(14)9-11/h2-4,9-10,13,16H,5-8H2,1H3. The summed E-state index contributed by atoms with van der Waals surface area (Å²) in [5.41, 5.74) is 1.03. The van der Waals surface area contributed by atoms with Gasteiger partial charge in [0.25, 0.3) is 0 Å². The van der Waals surface area contributed by atoms with Crippen LogP contribution in [-0.2, 0) is 0 Å². The number of nitrogens with zero attached hydrogens (tertiary/aromatic N) is 1. The van der Waals surface area contributed by atoms with E-state index in [4.69, 9.17) is 0 Å². The second-order valence-electron chi connectivity index (χ2n) is 4.64. The van der Waals surface area contributed by atoms with Crippen LogP contribution in [-0.4, -0.2) is 30.1 Å². The van der Waals surface area contributed by atoms with E-state index in [-0.39, 0.29) is 6.10 Å². The Morgan fingerprint density at radius 3 is 2.69 bits per heavy atom. The van der Waals surface area contributed by atoms with Crippen LogP contribution in [0.15, 0.2) is 28.7 Å². The summed E-state index contributed by atoms with van der Waals surface area (Å²) in [6.45, 7) is 2.19. The fraction of sp³-hybridized carbons (Fsp3) is 0.538. The van der Waals surface area contributed by atoms with E-state index in [9.17, 15) is 5.11 Å². The third kappa shape index (κ3) is 2.84. The molecule has 1 N–H and O–H groups in total. The molecule has 3 heteroatoms. The average molecular weight is 284 g/mol. The summed E-state index contributed by atoms with van der Waals surface area (Å²) in [5.74, 6) is 0.408. The molecular weight excluding hydrogens is 266 g/mol. The lowest BCUT2D eigenvalue weighted by atomic mass is 9.88. The molecule has 1 aliphatic rings. The van der Waals surface area contributed by atoms with Gasteiger partial charge in [-0.3, -0.25) is 0 Å². The summed E-state index contributed by atoms with van der Waals surface area (Å²) in [5, 5.41) is 10.3. The van der Waals surface area contributed by atoms with Crippen molar-refractivity contribution in [2.75, 3.05) is 20.1 Å². The molecule has 1 heterocycles. The third-order valence-corrected chi connectivity index (χ3v) is 3.89. The first-order chi connectivity index (χ1) is 7.66. The zero-order valence-electron chi connectivity index (χ0n) is 9.56. The molecule has 16 heavy (non-hydrogen) atoms. The lowest BCUT2D eigenvalue weighted by Crippen LogP contribution is -2.32. The van der Waals surface area contributed by atoms with Gasteiger partial charge in [0.1, 0.15) is 0 Å². The molecule has 1 aromatic rings. The zero-order valence-corrected chi connectivity index (χ0v) is 11.2. The minimum Gasteiger partial charge on any atom is -0.388 e. The molecule has 1 fully saturated rings. The summed E-state index contributed by atoms with van der Waals surface area (Å²) in [6, 6.07) is 8.00. The molecular formula is C13H18BrNO. The molecule has 0 amide bonds. The Labute approximate surface area is 105 Å². The van der Waals surface area contributed by atoms with Gasteiger partial charge in [-0.25, -0.2) is 0 Å². The number of hydrogen-bond donors (Lipinski definition) is 1. The predicted molar refractivity (Wildman–Crippen MR) is 69.3 cm³/mol. The monoisotopic (exact) mass is 283 g/mol. The average Bonchev–Trinajstić information content (AvgIpc) is 2.29. The van der Waals surface area contributed by atoms with Crippen molar-refractivity contribution in [1.29, 1.82) is 0 Å². The third-order valence-electron chi connectivity index (χ3n) is 3.40. The number of aliphatic hydroxyl groups excluding tert-OH is 1. The molecule has 0 radical (unpaired) electrons. The Bertz CT molecular complexity index is 348. The smallest absolute Gasteiger partial charge is 0.0819 e. The van der Waals surface area contributed by atoms with Crippen molar-refractivity contribution in [3.05, 3.63) is 34.3 Å². The normalized spacial score (nSPS) is 20.9. The number of benzene rings is 1. The molecule has 2 rings (SSSR count).